The molecule has 0 aromatic rings. The molecule has 1 fully saturated rings. The maximum atomic E-state index is 11.4. The van der Waals surface area contributed by atoms with Crippen molar-refractivity contribution in [2.24, 2.45) is 0 Å². The molecular weight excluding hydrogens is 250 g/mol. The summed E-state index contributed by atoms with van der Waals surface area (Å²) in [6.07, 6.45) is 1.16. The molecule has 13 heavy (non-hydrogen) atoms. The summed E-state index contributed by atoms with van der Waals surface area (Å²) >= 11 is 1.75. The third-order valence-electron chi connectivity index (χ3n) is 2.14. The van der Waals surface area contributed by atoms with Gasteiger partial charge in [0.15, 0.2) is 0 Å². The van der Waals surface area contributed by atoms with Crippen LogP contribution >= 0.6 is 12.4 Å². The number of carbonyl (C=O) groups is 1. The summed E-state index contributed by atoms with van der Waals surface area (Å²) in [5.41, 5.74) is 0. The number of likely N-dealkylation sites (N-methyl/N-ethyl adjacent to an activating group) is 1. The number of hydrogen-bond acceptors (Lipinski definition) is 2. The van der Waals surface area contributed by atoms with E-state index in [2.05, 4.69) is 4.90 Å². The Morgan fingerprint density at radius 2 is 2.15 bits per heavy atom. The van der Waals surface area contributed by atoms with E-state index in [4.69, 9.17) is 0 Å². The molecule has 1 aliphatic rings. The van der Waals surface area contributed by atoms with Gasteiger partial charge in [-0.3, -0.25) is 0 Å². The molecule has 1 heterocycles. The first-order valence-electron chi connectivity index (χ1n) is 4.40. The summed E-state index contributed by atoms with van der Waals surface area (Å²) in [6.45, 7) is 3.52. The fraction of sp³-hybridized carbons (Fsp3) is 0.875. The first-order valence-corrected chi connectivity index (χ1v) is 6.11. The Labute approximate surface area is 94.7 Å². The summed E-state index contributed by atoms with van der Waals surface area (Å²) in [5.74, 6) is 0.296. The Morgan fingerprint density at radius 1 is 1.46 bits per heavy atom. The molecule has 1 rings (SSSR count). The van der Waals surface area contributed by atoms with Crippen LogP contribution in [0.25, 0.3) is 0 Å². The number of carbonyl (C=O) groups excluding carboxylic acids is 1. The molecule has 1 aliphatic heterocycles. The van der Waals surface area contributed by atoms with Gasteiger partial charge in [-0.2, -0.15) is 0 Å². The van der Waals surface area contributed by atoms with Gasteiger partial charge in [-0.25, -0.2) is 0 Å². The second kappa shape index (κ2) is 6.69. The number of nitrogens with zero attached hydrogens (tertiary/aromatic N) is 2. The van der Waals surface area contributed by atoms with Gasteiger partial charge in [0.1, 0.15) is 0 Å². The van der Waals surface area contributed by atoms with Crippen LogP contribution in [0, 0.1) is 0 Å². The third kappa shape index (κ3) is 4.34. The predicted molar refractivity (Wildman–Crippen MR) is 59.3 cm³/mol. The average molecular weight is 269 g/mol. The van der Waals surface area contributed by atoms with E-state index in [1.807, 2.05) is 11.9 Å². The van der Waals surface area contributed by atoms with E-state index < -0.39 is 0 Å². The monoisotopic (exact) mass is 268 g/mol. The smallest absolute Gasteiger partial charge is 0.147 e. The normalized spacial score (nSPS) is 18.6. The molecule has 5 heteroatoms. The Morgan fingerprint density at radius 3 is 2.69 bits per heavy atom. The van der Waals surface area contributed by atoms with Gasteiger partial charge in [-0.1, -0.05) is 0 Å². The van der Waals surface area contributed by atoms with Crippen LogP contribution in [0.1, 0.15) is 6.42 Å². The van der Waals surface area contributed by atoms with Gasteiger partial charge in [0.2, 0.25) is 0 Å². The first kappa shape index (κ1) is 13.3. The van der Waals surface area contributed by atoms with E-state index in [0.717, 1.165) is 26.1 Å². The minimum Gasteiger partial charge on any atom is -0.147 e. The predicted octanol–water partition coefficient (Wildman–Crippen LogP) is -0.376. The maximum absolute atomic E-state index is 11.4. The van der Waals surface area contributed by atoms with Crippen LogP contribution in [0.2, 0.25) is 5.21 Å². The second-order valence-corrected chi connectivity index (χ2v) is 4.47. The van der Waals surface area contributed by atoms with Crippen molar-refractivity contribution in [3.05, 3.63) is 0 Å². The van der Waals surface area contributed by atoms with Crippen molar-refractivity contribution in [1.82, 2.24) is 9.80 Å². The molecule has 1 unspecified atom stereocenters. The van der Waals surface area contributed by atoms with Crippen LogP contribution < -0.4 is 0 Å². The van der Waals surface area contributed by atoms with Crippen molar-refractivity contribution in [2.45, 2.75) is 11.6 Å². The molecule has 0 aromatic heterocycles. The number of amides is 1. The van der Waals surface area contributed by atoms with Gasteiger partial charge in [-0.05, 0) is 0 Å². The molecule has 0 spiro atoms. The molecule has 78 valence electrons. The van der Waals surface area contributed by atoms with Crippen molar-refractivity contribution in [3.8, 4) is 0 Å². The van der Waals surface area contributed by atoms with Crippen LogP contribution in [-0.4, -0.2) is 65.8 Å². The summed E-state index contributed by atoms with van der Waals surface area (Å²) < 4.78 is 0. The van der Waals surface area contributed by atoms with Crippen LogP contribution in [0.4, 0.5) is 0 Å². The third-order valence-corrected chi connectivity index (χ3v) is 3.00. The average Bonchev–Trinajstić information content (AvgIpc) is 2.03. The fourth-order valence-electron chi connectivity index (χ4n) is 1.34. The summed E-state index contributed by atoms with van der Waals surface area (Å²) in [5, 5.41) is 1.23. The van der Waals surface area contributed by atoms with Crippen molar-refractivity contribution in [3.63, 3.8) is 0 Å². The Balaban J connectivity index is 0.00000144. The zero-order valence-electron chi connectivity index (χ0n) is 8.03. The minimum atomic E-state index is 0. The summed E-state index contributed by atoms with van der Waals surface area (Å²) in [4.78, 5) is 15.5. The van der Waals surface area contributed by atoms with Crippen molar-refractivity contribution in [1.29, 1.82) is 0 Å². The van der Waals surface area contributed by atoms with E-state index in [1.54, 1.807) is 16.9 Å². The molecule has 1 amide bonds. The number of halogens is 1. The van der Waals surface area contributed by atoms with Crippen LogP contribution in [0.3, 0.4) is 0 Å². The molecule has 0 aromatic carbocycles. The van der Waals surface area contributed by atoms with E-state index in [9.17, 15) is 4.79 Å². The van der Waals surface area contributed by atoms with Crippen molar-refractivity contribution >= 4 is 35.2 Å². The van der Waals surface area contributed by atoms with Gasteiger partial charge in [0.25, 0.3) is 0 Å². The minimum absolute atomic E-state index is 0. The van der Waals surface area contributed by atoms with E-state index in [1.165, 1.54) is 5.21 Å². The van der Waals surface area contributed by atoms with Crippen LogP contribution in [-0.2, 0) is 4.79 Å². The Kier molecular flexibility index (Phi) is 6.83. The van der Waals surface area contributed by atoms with E-state index in [-0.39, 0.29) is 12.4 Å². The van der Waals surface area contributed by atoms with E-state index in [0.29, 0.717) is 12.5 Å². The number of rotatable bonds is 3. The van der Waals surface area contributed by atoms with Crippen LogP contribution in [0.15, 0.2) is 0 Å². The quantitative estimate of drug-likeness (QED) is 0.652. The molecule has 0 saturated carbocycles. The summed E-state index contributed by atoms with van der Waals surface area (Å²) in [7, 11) is 2.00. The Bertz CT molecular complexity index is 166. The molecule has 3 nitrogen and oxygen atoms in total. The van der Waals surface area contributed by atoms with Gasteiger partial charge in [0.05, 0.1) is 0 Å². The largest absolute Gasteiger partial charge is 0.147 e. The standard InChI is InChI=1S/C8H17AsN2O.ClH/c1-10-5-6-11(4-2-3-9)8(12)7-10;/h2-7,9H2,1H3;1H. The molecule has 0 radical (unpaired) electrons. The first-order chi connectivity index (χ1) is 5.74. The molecule has 1 atom stereocenters. The maximum Gasteiger partial charge on any atom is -0.147 e. The number of hydrogen-bond donors (Lipinski definition) is 0. The van der Waals surface area contributed by atoms with Gasteiger partial charge in [0, 0.05) is 0 Å². The van der Waals surface area contributed by atoms with Crippen LogP contribution in [0.5, 0.6) is 0 Å². The van der Waals surface area contributed by atoms with Crippen molar-refractivity contribution in [2.75, 3.05) is 33.2 Å². The van der Waals surface area contributed by atoms with E-state index >= 15 is 0 Å². The molecule has 1 saturated heterocycles. The zero-order chi connectivity index (χ0) is 8.97. The van der Waals surface area contributed by atoms with Crippen molar-refractivity contribution < 1.29 is 4.79 Å². The fourth-order valence-corrected chi connectivity index (χ4v) is 1.73. The van der Waals surface area contributed by atoms with Gasteiger partial charge < -0.3 is 0 Å². The van der Waals surface area contributed by atoms with Gasteiger partial charge >= 0.3 is 82.2 Å². The molecule has 0 aliphatic carbocycles. The molecule has 0 bridgehead atoms. The topological polar surface area (TPSA) is 23.6 Å². The Hall–Kier alpha value is 0.278. The SMILES string of the molecule is CN1CCN(CCC[AsH2])C(=O)C1.Cl. The summed E-state index contributed by atoms with van der Waals surface area (Å²) in [6, 6.07) is 0. The number of piperazine rings is 1. The zero-order valence-corrected chi connectivity index (χ0v) is 11.3. The second-order valence-electron chi connectivity index (χ2n) is 3.26. The molecule has 0 N–H and O–H groups in total. The van der Waals surface area contributed by atoms with Gasteiger partial charge in [-0.15, -0.1) is 12.4 Å². The molecular formula is C8H18AsClN2O.